The number of benzene rings is 2. The van der Waals surface area contributed by atoms with Gasteiger partial charge in [-0.15, -0.1) is 0 Å². The van der Waals surface area contributed by atoms with Crippen LogP contribution >= 0.6 is 0 Å². The zero-order valence-electron chi connectivity index (χ0n) is 15.5. The monoisotopic (exact) mass is 409 g/mol. The number of hydrogen-bond donors (Lipinski definition) is 2. The predicted molar refractivity (Wildman–Crippen MR) is 100.0 cm³/mol. The second-order valence-corrected chi connectivity index (χ2v) is 5.71. The van der Waals surface area contributed by atoms with E-state index in [9.17, 15) is 22.8 Å². The Morgan fingerprint density at radius 2 is 1.76 bits per heavy atom. The quantitative estimate of drug-likeness (QED) is 0.418. The molecule has 0 spiro atoms. The second-order valence-electron chi connectivity index (χ2n) is 5.71. The third-order valence-electron chi connectivity index (χ3n) is 3.61. The molecule has 2 aromatic carbocycles. The van der Waals surface area contributed by atoms with E-state index in [4.69, 9.17) is 9.47 Å². The Balaban J connectivity index is 1.89. The molecule has 0 radical (unpaired) electrons. The number of carbonyl (C=O) groups excluding carboxylic acids is 2. The molecular weight excluding hydrogens is 391 g/mol. The number of halogens is 3. The van der Waals surface area contributed by atoms with E-state index in [0.717, 1.165) is 18.2 Å². The van der Waals surface area contributed by atoms with Crippen molar-refractivity contribution in [2.24, 2.45) is 5.10 Å². The number of carbonyl (C=O) groups is 2. The summed E-state index contributed by atoms with van der Waals surface area (Å²) in [5.74, 6) is -0.502. The van der Waals surface area contributed by atoms with E-state index >= 15 is 0 Å². The zero-order chi connectivity index (χ0) is 21.4. The summed E-state index contributed by atoms with van der Waals surface area (Å²) in [5.41, 5.74) is 1.81. The van der Waals surface area contributed by atoms with Crippen molar-refractivity contribution in [2.75, 3.05) is 19.5 Å². The summed E-state index contributed by atoms with van der Waals surface area (Å²) < 4.78 is 48.3. The van der Waals surface area contributed by atoms with Crippen molar-refractivity contribution in [3.63, 3.8) is 0 Å². The van der Waals surface area contributed by atoms with Crippen LogP contribution in [0.3, 0.4) is 0 Å². The van der Waals surface area contributed by atoms with Gasteiger partial charge in [-0.3, -0.25) is 9.59 Å². The third kappa shape index (κ3) is 6.52. The van der Waals surface area contributed by atoms with Crippen LogP contribution in [0.5, 0.6) is 11.5 Å². The van der Waals surface area contributed by atoms with Crippen molar-refractivity contribution < 1.29 is 32.2 Å². The van der Waals surface area contributed by atoms with Gasteiger partial charge in [-0.25, -0.2) is 5.43 Å². The van der Waals surface area contributed by atoms with Crippen molar-refractivity contribution in [3.05, 3.63) is 53.6 Å². The first-order chi connectivity index (χ1) is 13.7. The fraction of sp³-hybridized carbons (Fsp3) is 0.211. The Morgan fingerprint density at radius 3 is 2.41 bits per heavy atom. The molecule has 154 valence electrons. The number of nitrogens with zero attached hydrogens (tertiary/aromatic N) is 1. The van der Waals surface area contributed by atoms with Gasteiger partial charge in [0.15, 0.2) is 11.5 Å². The molecule has 0 unspecified atom stereocenters. The highest BCUT2D eigenvalue weighted by Gasteiger charge is 2.30. The number of hydrazone groups is 1. The number of methoxy groups -OCH3 is 2. The molecule has 0 aliphatic carbocycles. The molecule has 2 rings (SSSR count). The molecule has 2 N–H and O–H groups in total. The molecule has 0 saturated carbocycles. The summed E-state index contributed by atoms with van der Waals surface area (Å²) in [5, 5.41) is 5.97. The van der Waals surface area contributed by atoms with Crippen molar-refractivity contribution in [1.29, 1.82) is 0 Å². The molecule has 2 aromatic rings. The summed E-state index contributed by atoms with van der Waals surface area (Å²) in [6.07, 6.45) is -3.80. The molecule has 0 bridgehead atoms. The van der Waals surface area contributed by atoms with Gasteiger partial charge < -0.3 is 14.8 Å². The molecule has 0 aliphatic rings. The largest absolute Gasteiger partial charge is 0.493 e. The van der Waals surface area contributed by atoms with Crippen molar-refractivity contribution in [2.45, 2.75) is 12.6 Å². The van der Waals surface area contributed by atoms with Gasteiger partial charge >= 0.3 is 6.18 Å². The van der Waals surface area contributed by atoms with Crippen LogP contribution in [0.2, 0.25) is 0 Å². The van der Waals surface area contributed by atoms with E-state index in [1.54, 1.807) is 18.2 Å². The van der Waals surface area contributed by atoms with Gasteiger partial charge in [-0.1, -0.05) is 6.07 Å². The minimum absolute atomic E-state index is 0.0635. The minimum Gasteiger partial charge on any atom is -0.493 e. The number of amides is 2. The lowest BCUT2D eigenvalue weighted by molar-refractivity contribution is -0.137. The SMILES string of the molecule is COc1ccc(/C=N\NC(=O)CC(=O)Nc2cccc(C(F)(F)F)c2)cc1OC. The highest BCUT2D eigenvalue weighted by atomic mass is 19.4. The molecule has 0 aliphatic heterocycles. The number of nitrogens with one attached hydrogen (secondary N) is 2. The average molecular weight is 409 g/mol. The maximum Gasteiger partial charge on any atom is 0.416 e. The average Bonchev–Trinajstić information content (AvgIpc) is 2.67. The fourth-order valence-electron chi connectivity index (χ4n) is 2.28. The first-order valence-electron chi connectivity index (χ1n) is 8.24. The van der Waals surface area contributed by atoms with Gasteiger partial charge in [0.1, 0.15) is 6.42 Å². The van der Waals surface area contributed by atoms with E-state index in [-0.39, 0.29) is 5.69 Å². The lowest BCUT2D eigenvalue weighted by Gasteiger charge is -2.09. The van der Waals surface area contributed by atoms with Crippen LogP contribution in [0.4, 0.5) is 18.9 Å². The van der Waals surface area contributed by atoms with Crippen molar-refractivity contribution >= 4 is 23.7 Å². The van der Waals surface area contributed by atoms with Crippen LogP contribution < -0.4 is 20.2 Å². The molecule has 2 amide bonds. The Hall–Kier alpha value is -3.56. The summed E-state index contributed by atoms with van der Waals surface area (Å²) in [6.45, 7) is 0. The van der Waals surface area contributed by atoms with Gasteiger partial charge in [0.05, 0.1) is 26.0 Å². The number of anilines is 1. The van der Waals surface area contributed by atoms with Gasteiger partial charge in [0, 0.05) is 5.69 Å². The summed E-state index contributed by atoms with van der Waals surface area (Å²) in [7, 11) is 2.97. The highest BCUT2D eigenvalue weighted by molar-refractivity contribution is 6.03. The van der Waals surface area contributed by atoms with Crippen LogP contribution in [0.15, 0.2) is 47.6 Å². The van der Waals surface area contributed by atoms with E-state index in [1.807, 2.05) is 0 Å². The molecule has 7 nitrogen and oxygen atoms in total. The number of ether oxygens (including phenoxy) is 2. The third-order valence-corrected chi connectivity index (χ3v) is 3.61. The zero-order valence-corrected chi connectivity index (χ0v) is 15.5. The maximum absolute atomic E-state index is 12.7. The van der Waals surface area contributed by atoms with Crippen LogP contribution in [-0.4, -0.2) is 32.2 Å². The van der Waals surface area contributed by atoms with E-state index < -0.39 is 30.0 Å². The normalized spacial score (nSPS) is 11.2. The van der Waals surface area contributed by atoms with Crippen LogP contribution in [0.25, 0.3) is 0 Å². The minimum atomic E-state index is -4.53. The van der Waals surface area contributed by atoms with Crippen molar-refractivity contribution in [1.82, 2.24) is 5.43 Å². The van der Waals surface area contributed by atoms with Gasteiger partial charge in [0.2, 0.25) is 11.8 Å². The van der Waals surface area contributed by atoms with Gasteiger partial charge in [0.25, 0.3) is 0 Å². The van der Waals surface area contributed by atoms with Gasteiger partial charge in [-0.2, -0.15) is 18.3 Å². The molecule has 0 atom stereocenters. The van der Waals surface area contributed by atoms with Crippen LogP contribution in [0.1, 0.15) is 17.5 Å². The molecule has 10 heteroatoms. The Kier molecular flexibility index (Phi) is 7.18. The van der Waals surface area contributed by atoms with Crippen molar-refractivity contribution in [3.8, 4) is 11.5 Å². The van der Waals surface area contributed by atoms with E-state index in [0.29, 0.717) is 17.1 Å². The number of alkyl halides is 3. The van der Waals surface area contributed by atoms with E-state index in [1.165, 1.54) is 26.5 Å². The van der Waals surface area contributed by atoms with Gasteiger partial charge in [-0.05, 0) is 42.0 Å². The highest BCUT2D eigenvalue weighted by Crippen LogP contribution is 2.30. The summed E-state index contributed by atoms with van der Waals surface area (Å²) >= 11 is 0. The number of hydrogen-bond acceptors (Lipinski definition) is 5. The second kappa shape index (κ2) is 9.58. The summed E-state index contributed by atoms with van der Waals surface area (Å²) in [4.78, 5) is 23.6. The van der Waals surface area contributed by atoms with E-state index in [2.05, 4.69) is 15.8 Å². The number of rotatable bonds is 7. The fourth-order valence-corrected chi connectivity index (χ4v) is 2.28. The molecule has 0 heterocycles. The molecule has 0 fully saturated rings. The molecule has 0 saturated heterocycles. The topological polar surface area (TPSA) is 89.0 Å². The van der Waals surface area contributed by atoms with Crippen LogP contribution in [-0.2, 0) is 15.8 Å². The lowest BCUT2D eigenvalue weighted by Crippen LogP contribution is -2.24. The smallest absolute Gasteiger partial charge is 0.416 e. The van der Waals surface area contributed by atoms with Crippen LogP contribution in [0, 0.1) is 0 Å². The molecular formula is C19H18F3N3O4. The summed E-state index contributed by atoms with van der Waals surface area (Å²) in [6, 6.07) is 9.08. The molecule has 0 aromatic heterocycles. The maximum atomic E-state index is 12.7. The first-order valence-corrected chi connectivity index (χ1v) is 8.24. The Morgan fingerprint density at radius 1 is 1.03 bits per heavy atom. The Labute approximate surface area is 164 Å². The Bertz CT molecular complexity index is 914. The standard InChI is InChI=1S/C19H18F3N3O4/c1-28-15-7-6-12(8-16(15)29-2)11-23-25-18(27)10-17(26)24-14-5-3-4-13(9-14)19(20,21)22/h3-9,11H,10H2,1-2H3,(H,24,26)(H,25,27)/b23-11-. The lowest BCUT2D eigenvalue weighted by atomic mass is 10.2. The molecule has 29 heavy (non-hydrogen) atoms. The first kappa shape index (κ1) is 21.7. The predicted octanol–water partition coefficient (Wildman–Crippen LogP) is 3.20.